The summed E-state index contributed by atoms with van der Waals surface area (Å²) in [6.07, 6.45) is -7.44. The second-order valence-corrected chi connectivity index (χ2v) is 6.88. The molecule has 0 spiro atoms. The van der Waals surface area contributed by atoms with Crippen molar-refractivity contribution in [3.63, 3.8) is 0 Å². The van der Waals surface area contributed by atoms with E-state index in [4.69, 9.17) is 11.6 Å². The van der Waals surface area contributed by atoms with Gasteiger partial charge in [-0.2, -0.15) is 13.2 Å². The quantitative estimate of drug-likeness (QED) is 0.528. The third kappa shape index (κ3) is 6.16. The van der Waals surface area contributed by atoms with E-state index in [1.165, 1.54) is 19.1 Å². The second kappa shape index (κ2) is 9.23. The van der Waals surface area contributed by atoms with Gasteiger partial charge in [0.05, 0.1) is 11.5 Å². The number of nitro benzene ring substituents is 1. The molecule has 2 rings (SSSR count). The molecule has 0 aromatic heterocycles. The van der Waals surface area contributed by atoms with Crippen LogP contribution in [0.3, 0.4) is 0 Å². The van der Waals surface area contributed by atoms with Gasteiger partial charge in [0, 0.05) is 29.3 Å². The van der Waals surface area contributed by atoms with Gasteiger partial charge in [-0.05, 0) is 36.6 Å². The van der Waals surface area contributed by atoms with Crippen LogP contribution in [-0.4, -0.2) is 46.2 Å². The van der Waals surface area contributed by atoms with Crippen molar-refractivity contribution < 1.29 is 28.0 Å². The first-order chi connectivity index (χ1) is 13.5. The van der Waals surface area contributed by atoms with E-state index in [1.54, 1.807) is 24.3 Å². The van der Waals surface area contributed by atoms with Crippen LogP contribution in [0.2, 0.25) is 5.02 Å². The molecule has 0 saturated heterocycles. The molecule has 0 fully saturated rings. The maximum Gasteiger partial charge on any atom is 0.416 e. The first-order valence-electron chi connectivity index (χ1n) is 8.52. The van der Waals surface area contributed by atoms with Crippen LogP contribution in [-0.2, 0) is 6.42 Å². The number of non-ortho nitro benzene ring substituents is 1. The number of nitro groups is 1. The number of carbonyl (C=O) groups excluding carboxylic acids is 1. The lowest BCUT2D eigenvalue weighted by Gasteiger charge is -2.27. The number of amides is 1. The first-order valence-corrected chi connectivity index (χ1v) is 8.90. The average molecular weight is 431 g/mol. The summed E-state index contributed by atoms with van der Waals surface area (Å²) >= 11 is 5.80. The molecule has 1 atom stereocenters. The van der Waals surface area contributed by atoms with Gasteiger partial charge in [-0.1, -0.05) is 29.8 Å². The normalized spacial score (nSPS) is 12.5. The number of benzene rings is 2. The van der Waals surface area contributed by atoms with Crippen LogP contribution in [0.5, 0.6) is 0 Å². The minimum atomic E-state index is -4.91. The molecule has 0 heterocycles. The van der Waals surface area contributed by atoms with Crippen LogP contribution in [0.4, 0.5) is 18.9 Å². The first kappa shape index (κ1) is 22.6. The second-order valence-electron chi connectivity index (χ2n) is 6.44. The summed E-state index contributed by atoms with van der Waals surface area (Å²) in [5, 5.41) is 20.9. The average Bonchev–Trinajstić information content (AvgIpc) is 2.65. The van der Waals surface area contributed by atoms with Crippen molar-refractivity contribution in [3.8, 4) is 0 Å². The monoisotopic (exact) mass is 430 g/mol. The Hall–Kier alpha value is -2.65. The third-order valence-electron chi connectivity index (χ3n) is 4.30. The van der Waals surface area contributed by atoms with Gasteiger partial charge in [0.1, 0.15) is 0 Å². The van der Waals surface area contributed by atoms with E-state index in [0.717, 1.165) is 16.5 Å². The zero-order valence-corrected chi connectivity index (χ0v) is 16.1. The molecule has 0 bridgehead atoms. The SMILES string of the molecule is Cc1ccc([N+](=O)[O-])cc1C(=O)N(CCc1ccc(Cl)cc1)C[C@@H](O)C(F)(F)F. The van der Waals surface area contributed by atoms with Gasteiger partial charge in [0.2, 0.25) is 0 Å². The molecule has 156 valence electrons. The highest BCUT2D eigenvalue weighted by atomic mass is 35.5. The Balaban J connectivity index is 2.30. The molecular formula is C19H18ClF3N2O4. The molecule has 6 nitrogen and oxygen atoms in total. The molecule has 10 heteroatoms. The standard InChI is InChI=1S/C19H18ClF3N2O4/c1-12-2-7-15(25(28)29)10-16(12)18(27)24(11-17(26)19(21,22)23)9-8-13-3-5-14(20)6-4-13/h2-7,10,17,26H,8-9,11H2,1H3/t17-/m1/s1. The Kier molecular flexibility index (Phi) is 7.21. The molecule has 2 aromatic carbocycles. The summed E-state index contributed by atoms with van der Waals surface area (Å²) in [6.45, 7) is 0.405. The number of rotatable bonds is 7. The lowest BCUT2D eigenvalue weighted by molar-refractivity contribution is -0.384. The van der Waals surface area contributed by atoms with Crippen LogP contribution in [0.1, 0.15) is 21.5 Å². The number of aliphatic hydroxyl groups is 1. The fourth-order valence-electron chi connectivity index (χ4n) is 2.63. The molecule has 1 amide bonds. The Labute approximate surface area is 169 Å². The van der Waals surface area contributed by atoms with Crippen molar-refractivity contribution in [2.75, 3.05) is 13.1 Å². The van der Waals surface area contributed by atoms with Crippen LogP contribution in [0.25, 0.3) is 0 Å². The summed E-state index contributed by atoms with van der Waals surface area (Å²) in [4.78, 5) is 24.0. The highest BCUT2D eigenvalue weighted by Crippen LogP contribution is 2.23. The molecule has 0 saturated carbocycles. The molecule has 0 aliphatic rings. The molecule has 0 unspecified atom stereocenters. The van der Waals surface area contributed by atoms with Crippen LogP contribution < -0.4 is 0 Å². The molecule has 1 N–H and O–H groups in total. The number of aliphatic hydroxyl groups excluding tert-OH is 1. The van der Waals surface area contributed by atoms with Gasteiger partial charge in [0.15, 0.2) is 6.10 Å². The summed E-state index contributed by atoms with van der Waals surface area (Å²) in [7, 11) is 0. The van der Waals surface area contributed by atoms with Gasteiger partial charge in [-0.15, -0.1) is 0 Å². The number of halogens is 4. The van der Waals surface area contributed by atoms with E-state index in [9.17, 15) is 33.2 Å². The molecule has 2 aromatic rings. The van der Waals surface area contributed by atoms with Crippen LogP contribution >= 0.6 is 11.6 Å². The number of hydrogen-bond acceptors (Lipinski definition) is 4. The predicted molar refractivity (Wildman–Crippen MR) is 101 cm³/mol. The van der Waals surface area contributed by atoms with Crippen molar-refractivity contribution in [1.82, 2.24) is 4.90 Å². The van der Waals surface area contributed by atoms with Gasteiger partial charge in [-0.3, -0.25) is 14.9 Å². The zero-order chi connectivity index (χ0) is 21.8. The van der Waals surface area contributed by atoms with E-state index in [0.29, 0.717) is 10.6 Å². The fraction of sp³-hybridized carbons (Fsp3) is 0.316. The number of aryl methyl sites for hydroxylation is 1. The Morgan fingerprint density at radius 1 is 1.24 bits per heavy atom. The van der Waals surface area contributed by atoms with E-state index < -0.39 is 29.7 Å². The summed E-state index contributed by atoms with van der Waals surface area (Å²) in [5.41, 5.74) is 0.653. The number of carbonyl (C=O) groups is 1. The fourth-order valence-corrected chi connectivity index (χ4v) is 2.75. The highest BCUT2D eigenvalue weighted by Gasteiger charge is 2.40. The zero-order valence-electron chi connectivity index (χ0n) is 15.3. The lowest BCUT2D eigenvalue weighted by Crippen LogP contribution is -2.44. The van der Waals surface area contributed by atoms with Crippen LogP contribution in [0.15, 0.2) is 42.5 Å². The van der Waals surface area contributed by atoms with Crippen LogP contribution in [0, 0.1) is 17.0 Å². The van der Waals surface area contributed by atoms with Crippen molar-refractivity contribution in [2.24, 2.45) is 0 Å². The smallest absolute Gasteiger partial charge is 0.382 e. The topological polar surface area (TPSA) is 83.7 Å². The number of hydrogen-bond donors (Lipinski definition) is 1. The maximum atomic E-state index is 12.9. The van der Waals surface area contributed by atoms with E-state index in [1.807, 2.05) is 0 Å². The van der Waals surface area contributed by atoms with Crippen molar-refractivity contribution in [1.29, 1.82) is 0 Å². The lowest BCUT2D eigenvalue weighted by atomic mass is 10.1. The van der Waals surface area contributed by atoms with Gasteiger partial charge >= 0.3 is 6.18 Å². The molecular weight excluding hydrogens is 413 g/mol. The summed E-state index contributed by atoms with van der Waals surface area (Å²) < 4.78 is 38.5. The minimum absolute atomic E-state index is 0.0929. The molecule has 29 heavy (non-hydrogen) atoms. The van der Waals surface area contributed by atoms with Crippen molar-refractivity contribution in [3.05, 3.63) is 74.3 Å². The Morgan fingerprint density at radius 3 is 2.41 bits per heavy atom. The summed E-state index contributed by atoms with van der Waals surface area (Å²) in [5.74, 6) is -0.830. The van der Waals surface area contributed by atoms with E-state index >= 15 is 0 Å². The largest absolute Gasteiger partial charge is 0.416 e. The third-order valence-corrected chi connectivity index (χ3v) is 4.56. The highest BCUT2D eigenvalue weighted by molar-refractivity contribution is 6.30. The molecule has 0 aliphatic heterocycles. The predicted octanol–water partition coefficient (Wildman–Crippen LogP) is 4.16. The van der Waals surface area contributed by atoms with E-state index in [-0.39, 0.29) is 24.2 Å². The van der Waals surface area contributed by atoms with Gasteiger partial charge < -0.3 is 10.0 Å². The molecule has 0 radical (unpaired) electrons. The number of alkyl halides is 3. The minimum Gasteiger partial charge on any atom is -0.382 e. The Bertz CT molecular complexity index is 888. The van der Waals surface area contributed by atoms with Gasteiger partial charge in [-0.25, -0.2) is 0 Å². The Morgan fingerprint density at radius 2 is 1.86 bits per heavy atom. The summed E-state index contributed by atoms with van der Waals surface area (Å²) in [6, 6.07) is 10.1. The van der Waals surface area contributed by atoms with Crippen molar-refractivity contribution in [2.45, 2.75) is 25.6 Å². The number of nitrogens with zero attached hydrogens (tertiary/aromatic N) is 2. The van der Waals surface area contributed by atoms with Crippen molar-refractivity contribution >= 4 is 23.2 Å². The maximum absolute atomic E-state index is 12.9. The van der Waals surface area contributed by atoms with E-state index in [2.05, 4.69) is 0 Å². The molecule has 0 aliphatic carbocycles. The van der Waals surface area contributed by atoms with Gasteiger partial charge in [0.25, 0.3) is 11.6 Å².